The Labute approximate surface area is 121 Å². The largest absolute Gasteiger partial charge is 0.336 e. The van der Waals surface area contributed by atoms with E-state index in [1.54, 1.807) is 0 Å². The second-order valence-electron chi connectivity index (χ2n) is 6.00. The molecular formula is C17H24N2O. The number of carbonyl (C=O) groups excluding carboxylic acids is 1. The SMILES string of the molecule is CCC1CCCCCN1C(=O)c1ccc2c(c1)CNC2. The fourth-order valence-electron chi connectivity index (χ4n) is 3.46. The molecule has 20 heavy (non-hydrogen) atoms. The molecular weight excluding hydrogens is 248 g/mol. The summed E-state index contributed by atoms with van der Waals surface area (Å²) < 4.78 is 0. The topological polar surface area (TPSA) is 32.3 Å². The Bertz CT molecular complexity index is 498. The van der Waals surface area contributed by atoms with Crippen LogP contribution in [0.4, 0.5) is 0 Å². The van der Waals surface area contributed by atoms with Gasteiger partial charge in [-0.1, -0.05) is 25.8 Å². The van der Waals surface area contributed by atoms with Crippen molar-refractivity contribution in [3.63, 3.8) is 0 Å². The maximum atomic E-state index is 12.8. The lowest BCUT2D eigenvalue weighted by molar-refractivity contribution is 0.0678. The van der Waals surface area contributed by atoms with Crippen LogP contribution in [0.5, 0.6) is 0 Å². The minimum absolute atomic E-state index is 0.230. The van der Waals surface area contributed by atoms with E-state index in [1.165, 1.54) is 24.0 Å². The summed E-state index contributed by atoms with van der Waals surface area (Å²) >= 11 is 0. The minimum atomic E-state index is 0.230. The van der Waals surface area contributed by atoms with Crippen LogP contribution in [0, 0.1) is 0 Å². The van der Waals surface area contributed by atoms with Crippen molar-refractivity contribution in [2.75, 3.05) is 6.54 Å². The van der Waals surface area contributed by atoms with Crippen molar-refractivity contribution >= 4 is 5.91 Å². The zero-order chi connectivity index (χ0) is 13.9. The molecule has 3 heteroatoms. The van der Waals surface area contributed by atoms with Gasteiger partial charge in [0.2, 0.25) is 0 Å². The van der Waals surface area contributed by atoms with Crippen molar-refractivity contribution < 1.29 is 4.79 Å². The number of likely N-dealkylation sites (tertiary alicyclic amines) is 1. The highest BCUT2D eigenvalue weighted by molar-refractivity contribution is 5.94. The number of benzene rings is 1. The summed E-state index contributed by atoms with van der Waals surface area (Å²) in [4.78, 5) is 14.9. The number of fused-ring (bicyclic) bond motifs is 1. The first-order chi connectivity index (χ1) is 9.79. The molecule has 2 aliphatic heterocycles. The van der Waals surface area contributed by atoms with Gasteiger partial charge in [0.15, 0.2) is 0 Å². The van der Waals surface area contributed by atoms with Gasteiger partial charge in [0.1, 0.15) is 0 Å². The summed E-state index contributed by atoms with van der Waals surface area (Å²) in [6, 6.07) is 6.64. The number of rotatable bonds is 2. The molecule has 1 saturated heterocycles. The van der Waals surface area contributed by atoms with Crippen LogP contribution in [0.15, 0.2) is 18.2 Å². The summed E-state index contributed by atoms with van der Waals surface area (Å²) in [5, 5.41) is 3.34. The first-order valence-electron chi connectivity index (χ1n) is 7.93. The molecule has 1 amide bonds. The third kappa shape index (κ3) is 2.59. The molecule has 0 aliphatic carbocycles. The standard InChI is InChI=1S/C17H24N2O/c1-2-16-6-4-3-5-9-19(16)17(20)13-7-8-14-11-18-12-15(14)10-13/h7-8,10,16,18H,2-6,9,11-12H2,1H3. The van der Waals surface area contributed by atoms with Crippen LogP contribution in [0.2, 0.25) is 0 Å². The molecule has 2 aliphatic rings. The molecule has 0 aromatic heterocycles. The van der Waals surface area contributed by atoms with E-state index in [0.29, 0.717) is 6.04 Å². The fraction of sp³-hybridized carbons (Fsp3) is 0.588. The lowest BCUT2D eigenvalue weighted by Gasteiger charge is -2.29. The molecule has 108 valence electrons. The average Bonchev–Trinajstić information content (AvgIpc) is 2.81. The normalized spacial score (nSPS) is 22.4. The van der Waals surface area contributed by atoms with Crippen molar-refractivity contribution in [1.29, 1.82) is 0 Å². The van der Waals surface area contributed by atoms with Gasteiger partial charge >= 0.3 is 0 Å². The molecule has 3 nitrogen and oxygen atoms in total. The smallest absolute Gasteiger partial charge is 0.254 e. The summed E-state index contributed by atoms with van der Waals surface area (Å²) in [6.45, 7) is 4.95. The van der Waals surface area contributed by atoms with Crippen LogP contribution in [0.1, 0.15) is 60.5 Å². The van der Waals surface area contributed by atoms with Crippen molar-refractivity contribution in [2.45, 2.75) is 58.2 Å². The van der Waals surface area contributed by atoms with Gasteiger partial charge in [-0.25, -0.2) is 0 Å². The van der Waals surface area contributed by atoms with Gasteiger partial charge in [0, 0.05) is 31.2 Å². The zero-order valence-electron chi connectivity index (χ0n) is 12.3. The molecule has 3 rings (SSSR count). The Morgan fingerprint density at radius 2 is 2.10 bits per heavy atom. The van der Waals surface area contributed by atoms with Crippen LogP contribution >= 0.6 is 0 Å². The van der Waals surface area contributed by atoms with E-state index in [0.717, 1.165) is 44.5 Å². The summed E-state index contributed by atoms with van der Waals surface area (Å²) in [5.41, 5.74) is 3.50. The molecule has 2 heterocycles. The number of carbonyl (C=O) groups is 1. The maximum Gasteiger partial charge on any atom is 0.254 e. The van der Waals surface area contributed by atoms with Gasteiger partial charge in [-0.2, -0.15) is 0 Å². The van der Waals surface area contributed by atoms with Gasteiger partial charge in [-0.3, -0.25) is 4.79 Å². The van der Waals surface area contributed by atoms with Gasteiger partial charge < -0.3 is 10.2 Å². The molecule has 0 spiro atoms. The second-order valence-corrected chi connectivity index (χ2v) is 6.00. The Kier molecular flexibility index (Phi) is 4.06. The van der Waals surface area contributed by atoms with Crippen molar-refractivity contribution in [3.8, 4) is 0 Å². The lowest BCUT2D eigenvalue weighted by Crippen LogP contribution is -2.39. The van der Waals surface area contributed by atoms with Gasteiger partial charge in [-0.15, -0.1) is 0 Å². The maximum absolute atomic E-state index is 12.8. The molecule has 0 bridgehead atoms. The number of nitrogens with one attached hydrogen (secondary N) is 1. The highest BCUT2D eigenvalue weighted by atomic mass is 16.2. The van der Waals surface area contributed by atoms with E-state index in [2.05, 4.69) is 29.3 Å². The first-order valence-corrected chi connectivity index (χ1v) is 7.93. The number of nitrogens with zero attached hydrogens (tertiary/aromatic N) is 1. The fourth-order valence-corrected chi connectivity index (χ4v) is 3.46. The van der Waals surface area contributed by atoms with E-state index < -0.39 is 0 Å². The van der Waals surface area contributed by atoms with E-state index >= 15 is 0 Å². The number of hydrogen-bond donors (Lipinski definition) is 1. The summed E-state index contributed by atoms with van der Waals surface area (Å²) in [5.74, 6) is 0.230. The monoisotopic (exact) mass is 272 g/mol. The van der Waals surface area contributed by atoms with E-state index in [1.807, 2.05) is 6.07 Å². The second kappa shape index (κ2) is 5.96. The molecule has 1 aromatic rings. The quantitative estimate of drug-likeness (QED) is 0.897. The van der Waals surface area contributed by atoms with E-state index in [4.69, 9.17) is 0 Å². The van der Waals surface area contributed by atoms with Gasteiger partial charge in [-0.05, 0) is 42.5 Å². The first kappa shape index (κ1) is 13.6. The molecule has 0 radical (unpaired) electrons. The average molecular weight is 272 g/mol. The van der Waals surface area contributed by atoms with E-state index in [-0.39, 0.29) is 5.91 Å². The molecule has 0 saturated carbocycles. The third-order valence-electron chi connectivity index (χ3n) is 4.69. The summed E-state index contributed by atoms with van der Waals surface area (Å²) in [6.07, 6.45) is 5.90. The molecule has 1 unspecified atom stereocenters. The van der Waals surface area contributed by atoms with Gasteiger partial charge in [0.05, 0.1) is 0 Å². The van der Waals surface area contributed by atoms with Crippen molar-refractivity contribution in [3.05, 3.63) is 34.9 Å². The zero-order valence-corrected chi connectivity index (χ0v) is 12.3. The summed E-state index contributed by atoms with van der Waals surface area (Å²) in [7, 11) is 0. The Morgan fingerprint density at radius 3 is 2.95 bits per heavy atom. The molecule has 1 aromatic carbocycles. The third-order valence-corrected chi connectivity index (χ3v) is 4.69. The van der Waals surface area contributed by atoms with Crippen LogP contribution in [-0.4, -0.2) is 23.4 Å². The highest BCUT2D eigenvalue weighted by Gasteiger charge is 2.25. The van der Waals surface area contributed by atoms with Crippen LogP contribution in [0.25, 0.3) is 0 Å². The van der Waals surface area contributed by atoms with Crippen LogP contribution < -0.4 is 5.32 Å². The number of amides is 1. The lowest BCUT2D eigenvalue weighted by atomic mass is 10.0. The Balaban J connectivity index is 1.83. The Hall–Kier alpha value is -1.35. The highest BCUT2D eigenvalue weighted by Crippen LogP contribution is 2.23. The molecule has 1 N–H and O–H groups in total. The Morgan fingerprint density at radius 1 is 1.25 bits per heavy atom. The van der Waals surface area contributed by atoms with Crippen molar-refractivity contribution in [1.82, 2.24) is 10.2 Å². The predicted molar refractivity (Wildman–Crippen MR) is 80.6 cm³/mol. The van der Waals surface area contributed by atoms with E-state index in [9.17, 15) is 4.79 Å². The molecule has 1 atom stereocenters. The molecule has 1 fully saturated rings. The predicted octanol–water partition coefficient (Wildman–Crippen LogP) is 3.08. The minimum Gasteiger partial charge on any atom is -0.336 e. The van der Waals surface area contributed by atoms with Crippen LogP contribution in [-0.2, 0) is 13.1 Å². The van der Waals surface area contributed by atoms with Crippen molar-refractivity contribution in [2.24, 2.45) is 0 Å². The van der Waals surface area contributed by atoms with Crippen LogP contribution in [0.3, 0.4) is 0 Å². The van der Waals surface area contributed by atoms with Gasteiger partial charge in [0.25, 0.3) is 5.91 Å². The number of hydrogen-bond acceptors (Lipinski definition) is 2.